The Balaban J connectivity index is 1.95. The molecule has 0 saturated carbocycles. The molecule has 2 aromatic rings. The predicted octanol–water partition coefficient (Wildman–Crippen LogP) is 3.08. The summed E-state index contributed by atoms with van der Waals surface area (Å²) in [6.07, 6.45) is 7.28. The molecule has 3 N–H and O–H groups in total. The van der Waals surface area contributed by atoms with Crippen LogP contribution in [-0.2, 0) is 0 Å². The number of nitrogens with two attached hydrogens (primary N) is 1. The lowest BCUT2D eigenvalue weighted by molar-refractivity contribution is 0.664. The molecule has 1 saturated heterocycles. The quantitative estimate of drug-likeness (QED) is 0.904. The number of halogens is 1. The van der Waals surface area contributed by atoms with E-state index in [0.717, 1.165) is 29.8 Å². The first kappa shape index (κ1) is 14.4. The van der Waals surface area contributed by atoms with E-state index in [1.165, 1.54) is 11.5 Å². The van der Waals surface area contributed by atoms with Crippen molar-refractivity contribution in [3.05, 3.63) is 29.7 Å². The lowest BCUT2D eigenvalue weighted by Crippen LogP contribution is -2.25. The standard InChI is InChI=1S/C14H16ClN5S/c15-12-8-17-4-1-10(12)11-7-18-14(16)20-13(11)19-9-2-5-21-6-3-9/h1,4,7-9H,2-3,5-6H2,(H3,16,18,19,20). The van der Waals surface area contributed by atoms with Crippen molar-refractivity contribution in [3.63, 3.8) is 0 Å². The van der Waals surface area contributed by atoms with Gasteiger partial charge in [-0.2, -0.15) is 16.7 Å². The summed E-state index contributed by atoms with van der Waals surface area (Å²) in [6.45, 7) is 0. The molecule has 21 heavy (non-hydrogen) atoms. The molecule has 0 amide bonds. The van der Waals surface area contributed by atoms with Crippen molar-refractivity contribution in [1.29, 1.82) is 0 Å². The van der Waals surface area contributed by atoms with Crippen LogP contribution in [0.5, 0.6) is 0 Å². The molecular weight excluding hydrogens is 306 g/mol. The number of nitrogens with zero attached hydrogens (tertiary/aromatic N) is 3. The van der Waals surface area contributed by atoms with Crippen molar-refractivity contribution < 1.29 is 0 Å². The molecule has 0 atom stereocenters. The molecular formula is C14H16ClN5S. The first-order valence-corrected chi connectivity index (χ1v) is 8.34. The molecule has 0 spiro atoms. The number of pyridine rings is 1. The number of rotatable bonds is 3. The topological polar surface area (TPSA) is 76.7 Å². The van der Waals surface area contributed by atoms with Crippen molar-refractivity contribution in [1.82, 2.24) is 15.0 Å². The summed E-state index contributed by atoms with van der Waals surface area (Å²) < 4.78 is 0. The van der Waals surface area contributed by atoms with Gasteiger partial charge in [-0.05, 0) is 30.4 Å². The minimum absolute atomic E-state index is 0.261. The molecule has 2 aromatic heterocycles. The molecule has 0 unspecified atom stereocenters. The molecule has 110 valence electrons. The maximum Gasteiger partial charge on any atom is 0.221 e. The number of anilines is 2. The van der Waals surface area contributed by atoms with Crippen LogP contribution in [0.2, 0.25) is 5.02 Å². The summed E-state index contributed by atoms with van der Waals surface area (Å²) in [5.74, 6) is 3.34. The zero-order valence-electron chi connectivity index (χ0n) is 11.4. The first-order chi connectivity index (χ1) is 10.2. The van der Waals surface area contributed by atoms with Gasteiger partial charge in [0.15, 0.2) is 0 Å². The molecule has 3 rings (SSSR count). The largest absolute Gasteiger partial charge is 0.368 e. The first-order valence-electron chi connectivity index (χ1n) is 6.80. The van der Waals surface area contributed by atoms with Gasteiger partial charge >= 0.3 is 0 Å². The summed E-state index contributed by atoms with van der Waals surface area (Å²) in [5, 5.41) is 4.07. The van der Waals surface area contributed by atoms with Gasteiger partial charge in [-0.3, -0.25) is 4.98 Å². The average Bonchev–Trinajstić information content (AvgIpc) is 2.50. The van der Waals surface area contributed by atoms with E-state index in [0.29, 0.717) is 11.1 Å². The van der Waals surface area contributed by atoms with Gasteiger partial charge in [-0.15, -0.1) is 0 Å². The second kappa shape index (κ2) is 6.49. The third kappa shape index (κ3) is 3.39. The van der Waals surface area contributed by atoms with Gasteiger partial charge in [0.25, 0.3) is 0 Å². The number of hydrogen-bond acceptors (Lipinski definition) is 6. The van der Waals surface area contributed by atoms with E-state index in [4.69, 9.17) is 17.3 Å². The van der Waals surface area contributed by atoms with Crippen LogP contribution in [-0.4, -0.2) is 32.5 Å². The van der Waals surface area contributed by atoms with E-state index in [1.54, 1.807) is 18.6 Å². The highest BCUT2D eigenvalue weighted by molar-refractivity contribution is 7.99. The Morgan fingerprint density at radius 3 is 2.81 bits per heavy atom. The van der Waals surface area contributed by atoms with Crippen molar-refractivity contribution in [2.75, 3.05) is 22.6 Å². The van der Waals surface area contributed by atoms with E-state index in [9.17, 15) is 0 Å². The zero-order chi connectivity index (χ0) is 14.7. The van der Waals surface area contributed by atoms with E-state index >= 15 is 0 Å². The number of aromatic nitrogens is 3. The Morgan fingerprint density at radius 1 is 1.24 bits per heavy atom. The molecule has 0 bridgehead atoms. The normalized spacial score (nSPS) is 15.9. The van der Waals surface area contributed by atoms with E-state index < -0.39 is 0 Å². The predicted molar refractivity (Wildman–Crippen MR) is 88.7 cm³/mol. The third-order valence-corrected chi connectivity index (χ3v) is 4.78. The Labute approximate surface area is 132 Å². The summed E-state index contributed by atoms with van der Waals surface area (Å²) in [5.41, 5.74) is 7.45. The van der Waals surface area contributed by atoms with Gasteiger partial charge in [0.2, 0.25) is 5.95 Å². The average molecular weight is 322 g/mol. The van der Waals surface area contributed by atoms with Crippen LogP contribution >= 0.6 is 23.4 Å². The van der Waals surface area contributed by atoms with Crippen LogP contribution in [0.4, 0.5) is 11.8 Å². The molecule has 0 aromatic carbocycles. The van der Waals surface area contributed by atoms with Crippen LogP contribution < -0.4 is 11.1 Å². The minimum Gasteiger partial charge on any atom is -0.368 e. The Kier molecular flexibility index (Phi) is 4.45. The number of nitrogens with one attached hydrogen (secondary N) is 1. The fraction of sp³-hybridized carbons (Fsp3) is 0.357. The molecule has 1 aliphatic heterocycles. The second-order valence-corrected chi connectivity index (χ2v) is 6.51. The van der Waals surface area contributed by atoms with Gasteiger partial charge in [-0.25, -0.2) is 4.98 Å². The van der Waals surface area contributed by atoms with Gasteiger partial charge in [-0.1, -0.05) is 11.6 Å². The fourth-order valence-corrected chi connectivity index (χ4v) is 3.66. The SMILES string of the molecule is Nc1ncc(-c2ccncc2Cl)c(NC2CCSCC2)n1. The third-order valence-electron chi connectivity index (χ3n) is 3.43. The highest BCUT2D eigenvalue weighted by Gasteiger charge is 2.18. The molecule has 0 aliphatic carbocycles. The molecule has 3 heterocycles. The summed E-state index contributed by atoms with van der Waals surface area (Å²) >= 11 is 8.22. The minimum atomic E-state index is 0.261. The number of hydrogen-bond donors (Lipinski definition) is 2. The molecule has 1 aliphatic rings. The smallest absolute Gasteiger partial charge is 0.221 e. The molecule has 1 fully saturated rings. The van der Waals surface area contributed by atoms with Gasteiger partial charge in [0.1, 0.15) is 5.82 Å². The Bertz CT molecular complexity index is 631. The van der Waals surface area contributed by atoms with Crippen LogP contribution in [0, 0.1) is 0 Å². The highest BCUT2D eigenvalue weighted by Crippen LogP contribution is 2.32. The maximum atomic E-state index is 6.23. The molecule has 0 radical (unpaired) electrons. The molecule has 5 nitrogen and oxygen atoms in total. The van der Waals surface area contributed by atoms with Crippen molar-refractivity contribution in [2.24, 2.45) is 0 Å². The van der Waals surface area contributed by atoms with Crippen LogP contribution in [0.1, 0.15) is 12.8 Å². The second-order valence-electron chi connectivity index (χ2n) is 4.88. The Morgan fingerprint density at radius 2 is 2.05 bits per heavy atom. The summed E-state index contributed by atoms with van der Waals surface area (Å²) in [6, 6.07) is 2.28. The van der Waals surface area contributed by atoms with Crippen LogP contribution in [0.25, 0.3) is 11.1 Å². The number of nitrogen functional groups attached to an aromatic ring is 1. The van der Waals surface area contributed by atoms with Crippen LogP contribution in [0.15, 0.2) is 24.7 Å². The summed E-state index contributed by atoms with van der Waals surface area (Å²) in [7, 11) is 0. The lowest BCUT2D eigenvalue weighted by atomic mass is 10.1. The van der Waals surface area contributed by atoms with E-state index in [-0.39, 0.29) is 5.95 Å². The monoisotopic (exact) mass is 321 g/mol. The van der Waals surface area contributed by atoms with Crippen LogP contribution in [0.3, 0.4) is 0 Å². The van der Waals surface area contributed by atoms with Crippen molar-refractivity contribution >= 4 is 35.1 Å². The van der Waals surface area contributed by atoms with Gasteiger partial charge in [0.05, 0.1) is 5.02 Å². The van der Waals surface area contributed by atoms with E-state index in [1.807, 2.05) is 17.8 Å². The van der Waals surface area contributed by atoms with Crippen molar-refractivity contribution in [3.8, 4) is 11.1 Å². The van der Waals surface area contributed by atoms with Gasteiger partial charge < -0.3 is 11.1 Å². The Hall–Kier alpha value is -1.53. The van der Waals surface area contributed by atoms with E-state index in [2.05, 4.69) is 20.3 Å². The lowest BCUT2D eigenvalue weighted by Gasteiger charge is -2.24. The fourth-order valence-electron chi connectivity index (χ4n) is 2.33. The molecule has 7 heteroatoms. The highest BCUT2D eigenvalue weighted by atomic mass is 35.5. The zero-order valence-corrected chi connectivity index (χ0v) is 13.0. The van der Waals surface area contributed by atoms with Crippen molar-refractivity contribution in [2.45, 2.75) is 18.9 Å². The number of thioether (sulfide) groups is 1. The van der Waals surface area contributed by atoms with Gasteiger partial charge in [0, 0.05) is 35.8 Å². The maximum absolute atomic E-state index is 6.23. The summed E-state index contributed by atoms with van der Waals surface area (Å²) in [4.78, 5) is 12.5.